The van der Waals surface area contributed by atoms with E-state index in [2.05, 4.69) is 10.2 Å². The quantitative estimate of drug-likeness (QED) is 0.396. The Morgan fingerprint density at radius 2 is 1.60 bits per heavy atom. The predicted molar refractivity (Wildman–Crippen MR) is 133 cm³/mol. The monoisotopic (exact) mass is 494 g/mol. The number of amides is 1. The number of hydrogen-bond donors (Lipinski definition) is 1. The molecule has 0 aliphatic carbocycles. The highest BCUT2D eigenvalue weighted by Crippen LogP contribution is 2.25. The van der Waals surface area contributed by atoms with Crippen molar-refractivity contribution in [1.29, 1.82) is 0 Å². The van der Waals surface area contributed by atoms with Gasteiger partial charge in [-0.2, -0.15) is 4.31 Å². The number of piperazine rings is 1. The highest BCUT2D eigenvalue weighted by molar-refractivity contribution is 7.89. The lowest BCUT2D eigenvalue weighted by Crippen LogP contribution is -2.48. The zero-order valence-electron chi connectivity index (χ0n) is 19.3. The molecule has 0 spiro atoms. The van der Waals surface area contributed by atoms with Gasteiger partial charge in [0.25, 0.3) is 11.6 Å². The van der Waals surface area contributed by atoms with E-state index in [0.29, 0.717) is 54.4 Å². The Labute approximate surface area is 204 Å². The minimum Gasteiger partial charge on any atom is -0.321 e. The normalized spacial score (nSPS) is 15.0. The average Bonchev–Trinajstić information content (AvgIpc) is 2.86. The van der Waals surface area contributed by atoms with E-state index >= 15 is 0 Å². The van der Waals surface area contributed by atoms with Crippen LogP contribution in [0.1, 0.15) is 21.5 Å². The summed E-state index contributed by atoms with van der Waals surface area (Å²) in [6.07, 6.45) is 0. The number of carbonyl (C=O) groups is 1. The number of benzene rings is 3. The van der Waals surface area contributed by atoms with Gasteiger partial charge in [-0.3, -0.25) is 19.8 Å². The molecule has 1 aliphatic rings. The van der Waals surface area contributed by atoms with Gasteiger partial charge in [-0.25, -0.2) is 8.42 Å². The van der Waals surface area contributed by atoms with Crippen LogP contribution in [0.3, 0.4) is 0 Å². The van der Waals surface area contributed by atoms with Crippen molar-refractivity contribution >= 4 is 27.3 Å². The van der Waals surface area contributed by atoms with Crippen molar-refractivity contribution in [3.63, 3.8) is 0 Å². The van der Waals surface area contributed by atoms with E-state index in [4.69, 9.17) is 0 Å². The number of nitro groups is 1. The first-order valence-electron chi connectivity index (χ1n) is 11.2. The molecule has 4 rings (SSSR count). The van der Waals surface area contributed by atoms with Gasteiger partial charge in [0.2, 0.25) is 10.0 Å². The molecule has 1 fully saturated rings. The molecule has 3 aromatic carbocycles. The Morgan fingerprint density at radius 1 is 0.943 bits per heavy atom. The third kappa shape index (κ3) is 5.56. The molecule has 1 amide bonds. The standard InChI is InChI=1S/C25H26N4O5S/c1-19-23(8-5-9-24(19)29(31)32)26-25(30)21-12-10-20(11-13-21)18-27-14-16-28(17-15-27)35(33,34)22-6-3-2-4-7-22/h2-13H,14-18H2,1H3,(H,26,30). The van der Waals surface area contributed by atoms with E-state index in [9.17, 15) is 23.3 Å². The smallest absolute Gasteiger partial charge is 0.274 e. The second-order valence-corrected chi connectivity index (χ2v) is 10.3. The van der Waals surface area contributed by atoms with Gasteiger partial charge in [0.05, 0.1) is 21.1 Å². The molecule has 0 radical (unpaired) electrons. The van der Waals surface area contributed by atoms with Crippen LogP contribution in [-0.2, 0) is 16.6 Å². The van der Waals surface area contributed by atoms with Crippen molar-refractivity contribution in [3.05, 3.63) is 99.6 Å². The molecule has 35 heavy (non-hydrogen) atoms. The first kappa shape index (κ1) is 24.5. The molecular formula is C25H26N4O5S. The maximum Gasteiger partial charge on any atom is 0.274 e. The zero-order chi connectivity index (χ0) is 25.0. The summed E-state index contributed by atoms with van der Waals surface area (Å²) < 4.78 is 27.1. The van der Waals surface area contributed by atoms with Gasteiger partial charge >= 0.3 is 0 Å². The first-order chi connectivity index (χ1) is 16.8. The third-order valence-corrected chi connectivity index (χ3v) is 8.00. The van der Waals surface area contributed by atoms with E-state index in [1.165, 1.54) is 16.4 Å². The first-order valence-corrected chi connectivity index (χ1v) is 12.6. The molecule has 182 valence electrons. The molecule has 0 saturated carbocycles. The van der Waals surface area contributed by atoms with E-state index in [0.717, 1.165) is 5.56 Å². The Balaban J connectivity index is 1.34. The van der Waals surface area contributed by atoms with Gasteiger partial charge in [0.15, 0.2) is 0 Å². The summed E-state index contributed by atoms with van der Waals surface area (Å²) in [6.45, 7) is 4.30. The molecule has 10 heteroatoms. The largest absolute Gasteiger partial charge is 0.321 e. The molecule has 0 bridgehead atoms. The second-order valence-electron chi connectivity index (χ2n) is 8.35. The van der Waals surface area contributed by atoms with E-state index < -0.39 is 14.9 Å². The lowest BCUT2D eigenvalue weighted by atomic mass is 10.1. The van der Waals surface area contributed by atoms with Crippen molar-refractivity contribution < 1.29 is 18.1 Å². The fourth-order valence-corrected chi connectivity index (χ4v) is 5.48. The molecule has 1 aliphatic heterocycles. The highest BCUT2D eigenvalue weighted by atomic mass is 32.2. The zero-order valence-corrected chi connectivity index (χ0v) is 20.1. The minimum atomic E-state index is -3.49. The van der Waals surface area contributed by atoms with Crippen LogP contribution >= 0.6 is 0 Å². The Morgan fingerprint density at radius 3 is 2.23 bits per heavy atom. The van der Waals surface area contributed by atoms with E-state index in [1.807, 2.05) is 12.1 Å². The van der Waals surface area contributed by atoms with Crippen LogP contribution in [0.5, 0.6) is 0 Å². The Bertz CT molecular complexity index is 1320. The van der Waals surface area contributed by atoms with Gasteiger partial charge in [-0.05, 0) is 42.8 Å². The number of hydrogen-bond acceptors (Lipinski definition) is 6. The van der Waals surface area contributed by atoms with Gasteiger partial charge in [-0.1, -0.05) is 36.4 Å². The lowest BCUT2D eigenvalue weighted by molar-refractivity contribution is -0.385. The molecular weight excluding hydrogens is 468 g/mol. The number of nitrogens with zero attached hydrogens (tertiary/aromatic N) is 3. The summed E-state index contributed by atoms with van der Waals surface area (Å²) in [4.78, 5) is 25.8. The molecule has 0 aromatic heterocycles. The summed E-state index contributed by atoms with van der Waals surface area (Å²) in [5.41, 5.74) is 2.20. The molecule has 1 saturated heterocycles. The van der Waals surface area contributed by atoms with Gasteiger partial charge < -0.3 is 5.32 Å². The summed E-state index contributed by atoms with van der Waals surface area (Å²) >= 11 is 0. The summed E-state index contributed by atoms with van der Waals surface area (Å²) in [5.74, 6) is -0.347. The number of sulfonamides is 1. The third-order valence-electron chi connectivity index (χ3n) is 6.08. The van der Waals surface area contributed by atoms with Crippen LogP contribution < -0.4 is 5.32 Å². The minimum absolute atomic E-state index is 0.0465. The lowest BCUT2D eigenvalue weighted by Gasteiger charge is -2.34. The Kier molecular flexibility index (Phi) is 7.25. The fraction of sp³-hybridized carbons (Fsp3) is 0.240. The highest BCUT2D eigenvalue weighted by Gasteiger charge is 2.28. The summed E-state index contributed by atoms with van der Waals surface area (Å²) in [6, 6.07) is 20.2. The van der Waals surface area contributed by atoms with Crippen molar-refractivity contribution in [1.82, 2.24) is 9.21 Å². The van der Waals surface area contributed by atoms with Crippen LogP contribution in [0, 0.1) is 17.0 Å². The van der Waals surface area contributed by atoms with Gasteiger partial charge in [0, 0.05) is 44.4 Å². The van der Waals surface area contributed by atoms with Crippen molar-refractivity contribution in [2.75, 3.05) is 31.5 Å². The van der Waals surface area contributed by atoms with Crippen molar-refractivity contribution in [2.45, 2.75) is 18.4 Å². The maximum atomic E-state index is 12.8. The number of nitrogens with one attached hydrogen (secondary N) is 1. The predicted octanol–water partition coefficient (Wildman–Crippen LogP) is 3.66. The molecule has 9 nitrogen and oxygen atoms in total. The van der Waals surface area contributed by atoms with Crippen LogP contribution in [0.2, 0.25) is 0 Å². The average molecular weight is 495 g/mol. The van der Waals surface area contributed by atoms with Crippen LogP contribution in [0.4, 0.5) is 11.4 Å². The molecule has 1 N–H and O–H groups in total. The van der Waals surface area contributed by atoms with Crippen LogP contribution in [0.15, 0.2) is 77.7 Å². The maximum absolute atomic E-state index is 12.8. The number of anilines is 1. The Hall–Kier alpha value is -3.60. The molecule has 1 heterocycles. The van der Waals surface area contributed by atoms with E-state index in [-0.39, 0.29) is 11.6 Å². The number of carbonyl (C=O) groups excluding carboxylic acids is 1. The molecule has 0 unspecified atom stereocenters. The second kappa shape index (κ2) is 10.3. The van der Waals surface area contributed by atoms with Crippen molar-refractivity contribution in [2.24, 2.45) is 0 Å². The molecule has 0 atom stereocenters. The SMILES string of the molecule is Cc1c(NC(=O)c2ccc(CN3CCN(S(=O)(=O)c4ccccc4)CC3)cc2)cccc1[N+](=O)[O-]. The number of nitro benzene ring substituents is 1. The van der Waals surface area contributed by atoms with Crippen LogP contribution in [0.25, 0.3) is 0 Å². The van der Waals surface area contributed by atoms with Gasteiger partial charge in [-0.15, -0.1) is 0 Å². The van der Waals surface area contributed by atoms with E-state index in [1.54, 1.807) is 55.5 Å². The number of rotatable bonds is 7. The van der Waals surface area contributed by atoms with Crippen LogP contribution in [-0.4, -0.2) is 54.6 Å². The topological polar surface area (TPSA) is 113 Å². The summed E-state index contributed by atoms with van der Waals surface area (Å²) in [7, 11) is -3.49. The van der Waals surface area contributed by atoms with Gasteiger partial charge in [0.1, 0.15) is 0 Å². The molecule has 3 aromatic rings. The fourth-order valence-electron chi connectivity index (χ4n) is 4.04. The summed E-state index contributed by atoms with van der Waals surface area (Å²) in [5, 5.41) is 13.9. The van der Waals surface area contributed by atoms with Crippen molar-refractivity contribution in [3.8, 4) is 0 Å².